The third-order valence-electron chi connectivity index (χ3n) is 3.47. The van der Waals surface area contributed by atoms with Crippen molar-refractivity contribution in [3.05, 3.63) is 29.8 Å². The van der Waals surface area contributed by atoms with Crippen LogP contribution < -0.4 is 10.1 Å². The van der Waals surface area contributed by atoms with Gasteiger partial charge in [0.25, 0.3) is 5.91 Å². The molecule has 5 nitrogen and oxygen atoms in total. The monoisotopic (exact) mass is 290 g/mol. The SMILES string of the molecule is CCCCOc1ccc(C(=O)N2CCNC(=O)CC2)cc1. The van der Waals surface area contributed by atoms with Gasteiger partial charge < -0.3 is 15.0 Å². The maximum absolute atomic E-state index is 12.4. The number of carbonyl (C=O) groups excluding carboxylic acids is 2. The largest absolute Gasteiger partial charge is 0.494 e. The highest BCUT2D eigenvalue weighted by molar-refractivity contribution is 5.94. The quantitative estimate of drug-likeness (QED) is 0.842. The minimum atomic E-state index is -0.0355. The molecule has 1 aromatic rings. The Morgan fingerprint density at radius 3 is 2.76 bits per heavy atom. The van der Waals surface area contributed by atoms with Crippen LogP contribution in [0, 0.1) is 0 Å². The predicted molar refractivity (Wildman–Crippen MR) is 80.4 cm³/mol. The second-order valence-electron chi connectivity index (χ2n) is 5.12. The normalized spacial score (nSPS) is 15.3. The van der Waals surface area contributed by atoms with Gasteiger partial charge >= 0.3 is 0 Å². The van der Waals surface area contributed by atoms with Gasteiger partial charge in [-0.05, 0) is 30.7 Å². The van der Waals surface area contributed by atoms with E-state index in [2.05, 4.69) is 12.2 Å². The third kappa shape index (κ3) is 4.48. The highest BCUT2D eigenvalue weighted by Crippen LogP contribution is 2.14. The van der Waals surface area contributed by atoms with Gasteiger partial charge in [-0.1, -0.05) is 13.3 Å². The van der Waals surface area contributed by atoms with Gasteiger partial charge in [-0.25, -0.2) is 0 Å². The molecule has 1 aliphatic heterocycles. The average molecular weight is 290 g/mol. The minimum absolute atomic E-state index is 0.00460. The number of amides is 2. The third-order valence-corrected chi connectivity index (χ3v) is 3.47. The van der Waals surface area contributed by atoms with Crippen LogP contribution in [0.3, 0.4) is 0 Å². The number of nitrogens with zero attached hydrogens (tertiary/aromatic N) is 1. The summed E-state index contributed by atoms with van der Waals surface area (Å²) in [5, 5.41) is 2.77. The van der Waals surface area contributed by atoms with Crippen molar-refractivity contribution in [1.82, 2.24) is 10.2 Å². The smallest absolute Gasteiger partial charge is 0.253 e. The van der Waals surface area contributed by atoms with E-state index in [0.717, 1.165) is 18.6 Å². The van der Waals surface area contributed by atoms with E-state index >= 15 is 0 Å². The first-order valence-corrected chi connectivity index (χ1v) is 7.49. The van der Waals surface area contributed by atoms with E-state index in [-0.39, 0.29) is 11.8 Å². The standard InChI is InChI=1S/C16H22N2O3/c1-2-3-12-21-14-6-4-13(5-7-14)16(20)18-10-8-15(19)17-9-11-18/h4-7H,2-3,8-12H2,1H3,(H,17,19). The van der Waals surface area contributed by atoms with Gasteiger partial charge in [-0.3, -0.25) is 9.59 Å². The maximum atomic E-state index is 12.4. The van der Waals surface area contributed by atoms with Gasteiger partial charge in [0, 0.05) is 31.6 Å². The minimum Gasteiger partial charge on any atom is -0.494 e. The molecule has 1 fully saturated rings. The van der Waals surface area contributed by atoms with Crippen molar-refractivity contribution < 1.29 is 14.3 Å². The van der Waals surface area contributed by atoms with E-state index in [1.165, 1.54) is 0 Å². The summed E-state index contributed by atoms with van der Waals surface area (Å²) in [6.07, 6.45) is 2.48. The number of hydrogen-bond acceptors (Lipinski definition) is 3. The molecule has 21 heavy (non-hydrogen) atoms. The number of benzene rings is 1. The van der Waals surface area contributed by atoms with Crippen molar-refractivity contribution in [2.45, 2.75) is 26.2 Å². The summed E-state index contributed by atoms with van der Waals surface area (Å²) in [4.78, 5) is 25.4. The number of carbonyl (C=O) groups is 2. The molecule has 1 heterocycles. The molecule has 0 bridgehead atoms. The van der Waals surface area contributed by atoms with Crippen LogP contribution in [0.4, 0.5) is 0 Å². The first-order valence-electron chi connectivity index (χ1n) is 7.49. The van der Waals surface area contributed by atoms with Gasteiger partial charge in [-0.2, -0.15) is 0 Å². The van der Waals surface area contributed by atoms with Crippen molar-refractivity contribution in [3.8, 4) is 5.75 Å². The molecule has 2 rings (SSSR count). The molecule has 0 aliphatic carbocycles. The summed E-state index contributed by atoms with van der Waals surface area (Å²) >= 11 is 0. The molecule has 2 amide bonds. The Morgan fingerprint density at radius 2 is 2.05 bits per heavy atom. The van der Waals surface area contributed by atoms with Gasteiger partial charge in [0.1, 0.15) is 5.75 Å². The zero-order valence-corrected chi connectivity index (χ0v) is 12.4. The van der Waals surface area contributed by atoms with Crippen LogP contribution in [0.5, 0.6) is 5.75 Å². The lowest BCUT2D eigenvalue weighted by molar-refractivity contribution is -0.120. The molecule has 0 aromatic heterocycles. The molecule has 0 saturated carbocycles. The number of unbranched alkanes of at least 4 members (excludes halogenated alkanes) is 1. The van der Waals surface area contributed by atoms with Crippen molar-refractivity contribution >= 4 is 11.8 Å². The Balaban J connectivity index is 1.94. The Labute approximate surface area is 125 Å². The molecule has 114 valence electrons. The van der Waals surface area contributed by atoms with Crippen LogP contribution in [0.2, 0.25) is 0 Å². The van der Waals surface area contributed by atoms with E-state index in [1.54, 1.807) is 17.0 Å². The lowest BCUT2D eigenvalue weighted by atomic mass is 10.2. The van der Waals surface area contributed by atoms with E-state index in [0.29, 0.717) is 38.2 Å². The summed E-state index contributed by atoms with van der Waals surface area (Å²) in [5.74, 6) is 0.754. The fourth-order valence-corrected chi connectivity index (χ4v) is 2.18. The Bertz CT molecular complexity index is 485. The number of ether oxygens (including phenoxy) is 1. The summed E-state index contributed by atoms with van der Waals surface area (Å²) < 4.78 is 5.58. The molecule has 1 aromatic carbocycles. The van der Waals surface area contributed by atoms with Crippen LogP contribution in [0.15, 0.2) is 24.3 Å². The molecular formula is C16H22N2O3. The fraction of sp³-hybridized carbons (Fsp3) is 0.500. The molecular weight excluding hydrogens is 268 g/mol. The molecule has 0 spiro atoms. The van der Waals surface area contributed by atoms with E-state index < -0.39 is 0 Å². The van der Waals surface area contributed by atoms with E-state index in [9.17, 15) is 9.59 Å². The zero-order chi connectivity index (χ0) is 15.1. The Morgan fingerprint density at radius 1 is 1.29 bits per heavy atom. The van der Waals surface area contributed by atoms with Crippen LogP contribution in [-0.2, 0) is 4.79 Å². The van der Waals surface area contributed by atoms with Gasteiger partial charge in [0.2, 0.25) is 5.91 Å². The van der Waals surface area contributed by atoms with E-state index in [1.807, 2.05) is 12.1 Å². The van der Waals surface area contributed by atoms with Crippen molar-refractivity contribution in [1.29, 1.82) is 0 Å². The van der Waals surface area contributed by atoms with Crippen molar-refractivity contribution in [2.24, 2.45) is 0 Å². The van der Waals surface area contributed by atoms with Crippen LogP contribution in [0.1, 0.15) is 36.5 Å². The van der Waals surface area contributed by atoms with Gasteiger partial charge in [0.15, 0.2) is 0 Å². The second kappa shape index (κ2) is 7.67. The predicted octanol–water partition coefficient (Wildman–Crippen LogP) is 1.83. The molecule has 5 heteroatoms. The Kier molecular flexibility index (Phi) is 5.60. The summed E-state index contributed by atoms with van der Waals surface area (Å²) in [6, 6.07) is 7.21. The average Bonchev–Trinajstić information content (AvgIpc) is 2.72. The summed E-state index contributed by atoms with van der Waals surface area (Å²) in [7, 11) is 0. The number of rotatable bonds is 5. The maximum Gasteiger partial charge on any atom is 0.253 e. The Hall–Kier alpha value is -2.04. The zero-order valence-electron chi connectivity index (χ0n) is 12.4. The summed E-state index contributed by atoms with van der Waals surface area (Å²) in [6.45, 7) is 4.36. The summed E-state index contributed by atoms with van der Waals surface area (Å²) in [5.41, 5.74) is 0.632. The first-order chi connectivity index (χ1) is 10.2. The van der Waals surface area contributed by atoms with Crippen molar-refractivity contribution in [2.75, 3.05) is 26.2 Å². The topological polar surface area (TPSA) is 58.6 Å². The van der Waals surface area contributed by atoms with Crippen molar-refractivity contribution in [3.63, 3.8) is 0 Å². The lowest BCUT2D eigenvalue weighted by Gasteiger charge is -2.19. The molecule has 0 unspecified atom stereocenters. The van der Waals surface area contributed by atoms with Gasteiger partial charge in [-0.15, -0.1) is 0 Å². The highest BCUT2D eigenvalue weighted by Gasteiger charge is 2.19. The highest BCUT2D eigenvalue weighted by atomic mass is 16.5. The fourth-order valence-electron chi connectivity index (χ4n) is 2.18. The van der Waals surface area contributed by atoms with Gasteiger partial charge in [0.05, 0.1) is 6.61 Å². The lowest BCUT2D eigenvalue weighted by Crippen LogP contribution is -2.34. The molecule has 0 radical (unpaired) electrons. The molecule has 0 atom stereocenters. The molecule has 1 N–H and O–H groups in total. The van der Waals surface area contributed by atoms with Crippen LogP contribution >= 0.6 is 0 Å². The second-order valence-corrected chi connectivity index (χ2v) is 5.12. The number of hydrogen-bond donors (Lipinski definition) is 1. The molecule has 1 aliphatic rings. The molecule has 1 saturated heterocycles. The van der Waals surface area contributed by atoms with Crippen LogP contribution in [0.25, 0.3) is 0 Å². The van der Waals surface area contributed by atoms with E-state index in [4.69, 9.17) is 4.74 Å². The number of nitrogens with one attached hydrogen (secondary N) is 1. The van der Waals surface area contributed by atoms with Crippen LogP contribution in [-0.4, -0.2) is 43.0 Å². The first kappa shape index (κ1) is 15.4.